The summed E-state index contributed by atoms with van der Waals surface area (Å²) < 4.78 is 38.5. The lowest BCUT2D eigenvalue weighted by atomic mass is 9.95. The van der Waals surface area contributed by atoms with Gasteiger partial charge in [-0.05, 0) is 41.8 Å². The van der Waals surface area contributed by atoms with E-state index in [4.69, 9.17) is 0 Å². The number of halogens is 1. The van der Waals surface area contributed by atoms with Crippen molar-refractivity contribution in [1.82, 2.24) is 0 Å². The minimum atomic E-state index is -3.66. The Balaban J connectivity index is 1.79. The van der Waals surface area contributed by atoms with E-state index in [1.165, 1.54) is 24.3 Å². The molecule has 0 saturated heterocycles. The second-order valence-electron chi connectivity index (χ2n) is 6.59. The van der Waals surface area contributed by atoms with Gasteiger partial charge in [0.1, 0.15) is 12.1 Å². The summed E-state index contributed by atoms with van der Waals surface area (Å²) in [6.45, 7) is -0.159. The largest absolute Gasteiger partial charge is 0.391 e. The van der Waals surface area contributed by atoms with E-state index in [1.54, 1.807) is 6.08 Å². The Kier molecular flexibility index (Phi) is 5.43. The molecule has 0 saturated carbocycles. The third kappa shape index (κ3) is 4.26. The van der Waals surface area contributed by atoms with Gasteiger partial charge in [-0.15, -0.1) is 0 Å². The van der Waals surface area contributed by atoms with Gasteiger partial charge in [0.25, 0.3) is 0 Å². The number of carbonyl (C=O) groups excluding carboxylic acids is 1. The summed E-state index contributed by atoms with van der Waals surface area (Å²) in [4.78, 5) is 11.3. The Hall–Kier alpha value is -2.51. The summed E-state index contributed by atoms with van der Waals surface area (Å²) in [7, 11) is -3.66. The van der Waals surface area contributed by atoms with E-state index < -0.39 is 21.9 Å². The number of carbonyl (C=O) groups is 1. The van der Waals surface area contributed by atoms with Gasteiger partial charge >= 0.3 is 0 Å². The summed E-state index contributed by atoms with van der Waals surface area (Å²) in [5, 5.41) is 10.5. The predicted molar refractivity (Wildman–Crippen MR) is 102 cm³/mol. The molecule has 1 aliphatic carbocycles. The van der Waals surface area contributed by atoms with Crippen molar-refractivity contribution >= 4 is 27.6 Å². The number of aliphatic hydroxyl groups excluding tert-OH is 1. The van der Waals surface area contributed by atoms with Gasteiger partial charge in [-0.2, -0.15) is 0 Å². The zero-order valence-electron chi connectivity index (χ0n) is 14.7. The molecule has 3 rings (SSSR count). The molecule has 2 aromatic rings. The first-order valence-corrected chi connectivity index (χ1v) is 10.3. The third-order valence-corrected chi connectivity index (χ3v) is 5.76. The Morgan fingerprint density at radius 1 is 1.19 bits per heavy atom. The smallest absolute Gasteiger partial charge is 0.232 e. The summed E-state index contributed by atoms with van der Waals surface area (Å²) in [6.07, 6.45) is 2.92. The van der Waals surface area contributed by atoms with E-state index in [0.717, 1.165) is 28.0 Å². The lowest BCUT2D eigenvalue weighted by molar-refractivity contribution is -0.103. The van der Waals surface area contributed by atoms with Crippen LogP contribution in [0.4, 0.5) is 10.1 Å². The molecule has 0 fully saturated rings. The van der Waals surface area contributed by atoms with E-state index in [0.29, 0.717) is 5.57 Å². The molecule has 0 radical (unpaired) electrons. The van der Waals surface area contributed by atoms with Crippen molar-refractivity contribution in [1.29, 1.82) is 0 Å². The molecule has 142 valence electrons. The standard InChI is InChI=1S/C20H20FNO4S/c1-27(25,26)22(17-8-6-16(21)7-9-17)12-18(24)11-14-10-15(13-23)20-5-3-2-4-19(14)20/h2-10,13-14,18,24H,11-12H2,1H3. The maximum Gasteiger partial charge on any atom is 0.232 e. The summed E-state index contributed by atoms with van der Waals surface area (Å²) in [5.74, 6) is -0.645. The minimum Gasteiger partial charge on any atom is -0.391 e. The van der Waals surface area contributed by atoms with Crippen molar-refractivity contribution < 1.29 is 22.7 Å². The van der Waals surface area contributed by atoms with Crippen LogP contribution in [0.25, 0.3) is 5.57 Å². The Labute approximate surface area is 157 Å². The zero-order chi connectivity index (χ0) is 19.6. The lowest BCUT2D eigenvalue weighted by Gasteiger charge is -2.26. The van der Waals surface area contributed by atoms with Crippen molar-refractivity contribution in [2.75, 3.05) is 17.1 Å². The fraction of sp³-hybridized carbons (Fsp3) is 0.250. The van der Waals surface area contributed by atoms with Crippen LogP contribution in [0.3, 0.4) is 0 Å². The maximum absolute atomic E-state index is 13.1. The molecule has 27 heavy (non-hydrogen) atoms. The van der Waals surface area contributed by atoms with Gasteiger partial charge in [-0.1, -0.05) is 30.3 Å². The molecule has 1 N–H and O–H groups in total. The van der Waals surface area contributed by atoms with Crippen LogP contribution in [-0.2, 0) is 14.8 Å². The number of rotatable bonds is 7. The Morgan fingerprint density at radius 2 is 1.85 bits per heavy atom. The van der Waals surface area contributed by atoms with E-state index >= 15 is 0 Å². The van der Waals surface area contributed by atoms with Crippen molar-refractivity contribution in [3.63, 3.8) is 0 Å². The van der Waals surface area contributed by atoms with E-state index in [1.807, 2.05) is 24.3 Å². The van der Waals surface area contributed by atoms with Crippen LogP contribution in [0, 0.1) is 5.82 Å². The lowest BCUT2D eigenvalue weighted by Crippen LogP contribution is -2.37. The van der Waals surface area contributed by atoms with Crippen LogP contribution in [0.15, 0.2) is 54.6 Å². The van der Waals surface area contributed by atoms with Gasteiger partial charge in [-0.25, -0.2) is 12.8 Å². The highest BCUT2D eigenvalue weighted by molar-refractivity contribution is 7.92. The Bertz CT molecular complexity index is 970. The molecular formula is C20H20FNO4S. The first-order chi connectivity index (χ1) is 12.8. The number of aldehydes is 1. The summed E-state index contributed by atoms with van der Waals surface area (Å²) in [6, 6.07) is 12.5. The highest BCUT2D eigenvalue weighted by atomic mass is 32.2. The third-order valence-electron chi connectivity index (χ3n) is 4.60. The summed E-state index contributed by atoms with van der Waals surface area (Å²) in [5.41, 5.74) is 2.63. The Morgan fingerprint density at radius 3 is 2.48 bits per heavy atom. The van der Waals surface area contributed by atoms with Crippen LogP contribution in [0.5, 0.6) is 0 Å². The van der Waals surface area contributed by atoms with E-state index in [2.05, 4.69) is 0 Å². The van der Waals surface area contributed by atoms with Gasteiger partial charge in [0, 0.05) is 11.5 Å². The van der Waals surface area contributed by atoms with Crippen molar-refractivity contribution in [2.24, 2.45) is 0 Å². The fourth-order valence-electron chi connectivity index (χ4n) is 3.38. The molecule has 0 heterocycles. The zero-order valence-corrected chi connectivity index (χ0v) is 15.6. The second kappa shape index (κ2) is 7.62. The number of anilines is 1. The molecule has 2 unspecified atom stereocenters. The molecule has 2 atom stereocenters. The first-order valence-electron chi connectivity index (χ1n) is 8.47. The molecule has 1 aliphatic rings. The van der Waals surface area contributed by atoms with Gasteiger partial charge in [0.2, 0.25) is 10.0 Å². The number of aliphatic hydroxyl groups is 1. The minimum absolute atomic E-state index is 0.159. The van der Waals surface area contributed by atoms with Crippen molar-refractivity contribution in [3.8, 4) is 0 Å². The highest BCUT2D eigenvalue weighted by Gasteiger charge is 2.27. The van der Waals surface area contributed by atoms with Gasteiger partial charge < -0.3 is 5.11 Å². The average molecular weight is 389 g/mol. The average Bonchev–Trinajstić information content (AvgIpc) is 2.98. The quantitative estimate of drug-likeness (QED) is 0.739. The number of sulfonamides is 1. The van der Waals surface area contributed by atoms with Crippen LogP contribution in [0.2, 0.25) is 0 Å². The predicted octanol–water partition coefficient (Wildman–Crippen LogP) is 2.72. The van der Waals surface area contributed by atoms with Crippen LogP contribution < -0.4 is 4.31 Å². The van der Waals surface area contributed by atoms with Crippen LogP contribution in [0.1, 0.15) is 23.5 Å². The van der Waals surface area contributed by atoms with Crippen molar-refractivity contribution in [2.45, 2.75) is 18.4 Å². The molecule has 0 bridgehead atoms. The molecule has 0 aliphatic heterocycles. The molecule has 7 heteroatoms. The van der Waals surface area contributed by atoms with E-state index in [9.17, 15) is 22.7 Å². The maximum atomic E-state index is 13.1. The normalized spacial score (nSPS) is 17.1. The second-order valence-corrected chi connectivity index (χ2v) is 8.50. The van der Waals surface area contributed by atoms with Crippen molar-refractivity contribution in [3.05, 3.63) is 71.6 Å². The first kappa shape index (κ1) is 19.3. The highest BCUT2D eigenvalue weighted by Crippen LogP contribution is 2.37. The number of nitrogens with zero attached hydrogens (tertiary/aromatic N) is 1. The number of benzene rings is 2. The number of hydrogen-bond acceptors (Lipinski definition) is 4. The number of fused-ring (bicyclic) bond motifs is 1. The van der Waals surface area contributed by atoms with E-state index in [-0.39, 0.29) is 24.6 Å². The van der Waals surface area contributed by atoms with Crippen LogP contribution in [-0.4, -0.2) is 38.7 Å². The van der Waals surface area contributed by atoms with Crippen LogP contribution >= 0.6 is 0 Å². The molecule has 0 aromatic heterocycles. The number of allylic oxidation sites excluding steroid dienone is 2. The SMILES string of the molecule is CS(=O)(=O)N(CC(O)CC1C=C(C=O)c2ccccc21)c1ccc(F)cc1. The molecule has 2 aromatic carbocycles. The number of hydrogen-bond donors (Lipinski definition) is 1. The van der Waals surface area contributed by atoms with Gasteiger partial charge in [0.15, 0.2) is 0 Å². The summed E-state index contributed by atoms with van der Waals surface area (Å²) >= 11 is 0. The fourth-order valence-corrected chi connectivity index (χ4v) is 4.32. The topological polar surface area (TPSA) is 74.7 Å². The monoisotopic (exact) mass is 389 g/mol. The molecule has 5 nitrogen and oxygen atoms in total. The molecule has 0 amide bonds. The van der Waals surface area contributed by atoms with Gasteiger partial charge in [0.05, 0.1) is 24.6 Å². The van der Waals surface area contributed by atoms with Gasteiger partial charge in [-0.3, -0.25) is 9.10 Å². The molecular weight excluding hydrogens is 369 g/mol. The molecule has 0 spiro atoms.